The van der Waals surface area contributed by atoms with Crippen molar-refractivity contribution < 1.29 is 19.1 Å². The van der Waals surface area contributed by atoms with E-state index in [4.69, 9.17) is 27.9 Å². The molecule has 0 fully saturated rings. The lowest BCUT2D eigenvalue weighted by atomic mass is 10.2. The Morgan fingerprint density at radius 3 is 2.44 bits per heavy atom. The molecule has 0 unspecified atom stereocenters. The molecule has 3 aromatic rings. The van der Waals surface area contributed by atoms with Crippen molar-refractivity contribution in [1.82, 2.24) is 5.43 Å². The van der Waals surface area contributed by atoms with Gasteiger partial charge in [0.2, 0.25) is 0 Å². The third-order valence-electron chi connectivity index (χ3n) is 4.35. The largest absolute Gasteiger partial charge is 0.484 e. The number of hydrogen-bond donors (Lipinski definition) is 3. The van der Waals surface area contributed by atoms with Gasteiger partial charge in [0.05, 0.1) is 21.9 Å². The summed E-state index contributed by atoms with van der Waals surface area (Å²) < 4.78 is 5.49. The predicted octanol–water partition coefficient (Wildman–Crippen LogP) is 4.41. The summed E-state index contributed by atoms with van der Waals surface area (Å²) in [6.07, 6.45) is 1.34. The minimum Gasteiger partial charge on any atom is -0.484 e. The van der Waals surface area contributed by atoms with Crippen molar-refractivity contribution in [1.29, 1.82) is 0 Å². The van der Waals surface area contributed by atoms with Gasteiger partial charge in [-0.2, -0.15) is 5.10 Å². The van der Waals surface area contributed by atoms with Gasteiger partial charge in [-0.3, -0.25) is 14.4 Å². The molecule has 0 aromatic heterocycles. The molecule has 10 heteroatoms. The van der Waals surface area contributed by atoms with E-state index in [2.05, 4.69) is 21.2 Å². The summed E-state index contributed by atoms with van der Waals surface area (Å²) in [5.74, 6) is -1.78. The first-order valence-electron chi connectivity index (χ1n) is 9.99. The first kappa shape index (κ1) is 24.8. The molecule has 0 saturated heterocycles. The molecule has 174 valence electrons. The number of carbonyl (C=O) groups excluding carboxylic acids is 3. The summed E-state index contributed by atoms with van der Waals surface area (Å²) >= 11 is 12.0. The zero-order valence-corrected chi connectivity index (χ0v) is 19.5. The van der Waals surface area contributed by atoms with Gasteiger partial charge in [-0.25, -0.2) is 5.43 Å². The lowest BCUT2D eigenvalue weighted by molar-refractivity contribution is -0.136. The van der Waals surface area contributed by atoms with E-state index in [9.17, 15) is 14.4 Å². The Balaban J connectivity index is 1.49. The number of carbonyl (C=O) groups is 3. The van der Waals surface area contributed by atoms with Crippen LogP contribution in [-0.4, -0.2) is 30.5 Å². The van der Waals surface area contributed by atoms with Crippen LogP contribution >= 0.6 is 23.2 Å². The molecule has 0 aliphatic heterocycles. The van der Waals surface area contributed by atoms with Crippen LogP contribution in [0.1, 0.15) is 11.1 Å². The normalized spacial score (nSPS) is 10.6. The molecule has 3 amide bonds. The van der Waals surface area contributed by atoms with Gasteiger partial charge in [-0.1, -0.05) is 59.1 Å². The molecule has 0 aliphatic carbocycles. The van der Waals surface area contributed by atoms with E-state index in [1.54, 1.807) is 54.6 Å². The molecular formula is C24H20Cl2N4O4. The van der Waals surface area contributed by atoms with Crippen molar-refractivity contribution in [3.63, 3.8) is 0 Å². The average Bonchev–Trinajstić information content (AvgIpc) is 2.82. The SMILES string of the molecule is Cc1ccc(NC(=O)C(=O)NN=Cc2cccc(OCC(=O)Nc3cccc(Cl)c3Cl)c2)cc1. The molecule has 0 bridgehead atoms. The van der Waals surface area contributed by atoms with Crippen LogP contribution in [0.3, 0.4) is 0 Å². The Hall–Kier alpha value is -3.88. The number of rotatable bonds is 7. The van der Waals surface area contributed by atoms with Crippen LogP contribution in [0.25, 0.3) is 0 Å². The number of amides is 3. The van der Waals surface area contributed by atoms with Crippen LogP contribution in [0, 0.1) is 6.92 Å². The Bertz CT molecular complexity index is 1230. The molecule has 8 nitrogen and oxygen atoms in total. The summed E-state index contributed by atoms with van der Waals surface area (Å²) in [7, 11) is 0. The molecule has 0 spiro atoms. The van der Waals surface area contributed by atoms with Crippen molar-refractivity contribution in [2.45, 2.75) is 6.92 Å². The second kappa shape index (κ2) is 11.8. The standard InChI is InChI=1S/C24H20Cl2N4O4/c1-15-8-10-17(11-9-15)28-23(32)24(33)30-27-13-16-4-2-5-18(12-16)34-14-21(31)29-20-7-3-6-19(25)22(20)26/h2-13H,14H2,1H3,(H,28,32)(H,29,31)(H,30,33). The van der Waals surface area contributed by atoms with Crippen LogP contribution < -0.4 is 20.8 Å². The summed E-state index contributed by atoms with van der Waals surface area (Å²) in [6.45, 7) is 1.65. The highest BCUT2D eigenvalue weighted by atomic mass is 35.5. The van der Waals surface area contributed by atoms with Gasteiger partial charge < -0.3 is 15.4 Å². The zero-order chi connectivity index (χ0) is 24.5. The summed E-state index contributed by atoms with van der Waals surface area (Å²) in [5.41, 5.74) is 4.65. The van der Waals surface area contributed by atoms with Crippen LogP contribution in [-0.2, 0) is 14.4 Å². The average molecular weight is 499 g/mol. The van der Waals surface area contributed by atoms with Crippen LogP contribution in [0.2, 0.25) is 10.0 Å². The van der Waals surface area contributed by atoms with Crippen LogP contribution in [0.15, 0.2) is 71.8 Å². The number of nitrogens with zero attached hydrogens (tertiary/aromatic N) is 1. The van der Waals surface area contributed by atoms with Gasteiger partial charge in [0.15, 0.2) is 6.61 Å². The Morgan fingerprint density at radius 1 is 0.941 bits per heavy atom. The highest BCUT2D eigenvalue weighted by Crippen LogP contribution is 2.29. The lowest BCUT2D eigenvalue weighted by Crippen LogP contribution is -2.32. The fraction of sp³-hybridized carbons (Fsp3) is 0.0833. The van der Waals surface area contributed by atoms with Crippen molar-refractivity contribution in [2.24, 2.45) is 5.10 Å². The van der Waals surface area contributed by atoms with E-state index in [0.29, 0.717) is 27.7 Å². The van der Waals surface area contributed by atoms with Crippen molar-refractivity contribution in [2.75, 3.05) is 17.2 Å². The predicted molar refractivity (Wildman–Crippen MR) is 133 cm³/mol. The molecule has 3 aromatic carbocycles. The highest BCUT2D eigenvalue weighted by molar-refractivity contribution is 6.44. The molecule has 0 atom stereocenters. The fourth-order valence-electron chi connectivity index (χ4n) is 2.66. The Labute approximate surface area is 205 Å². The maximum absolute atomic E-state index is 12.1. The molecular weight excluding hydrogens is 479 g/mol. The smallest absolute Gasteiger partial charge is 0.329 e. The minimum atomic E-state index is -0.916. The van der Waals surface area contributed by atoms with Gasteiger partial charge in [0, 0.05) is 5.69 Å². The number of hydrogen-bond acceptors (Lipinski definition) is 5. The lowest BCUT2D eigenvalue weighted by Gasteiger charge is -2.09. The van der Waals surface area contributed by atoms with E-state index in [1.165, 1.54) is 6.21 Å². The van der Waals surface area contributed by atoms with Gasteiger partial charge in [-0.15, -0.1) is 0 Å². The summed E-state index contributed by atoms with van der Waals surface area (Å²) in [5, 5.41) is 9.45. The van der Waals surface area contributed by atoms with Crippen molar-refractivity contribution >= 4 is 58.5 Å². The first-order chi connectivity index (χ1) is 16.3. The van der Waals surface area contributed by atoms with Crippen molar-refractivity contribution in [3.05, 3.63) is 87.9 Å². The number of benzene rings is 3. The Kier molecular flexibility index (Phi) is 8.61. The van der Waals surface area contributed by atoms with Crippen molar-refractivity contribution in [3.8, 4) is 5.75 Å². The van der Waals surface area contributed by atoms with E-state index in [1.807, 2.05) is 19.1 Å². The number of ether oxygens (including phenoxy) is 1. The van der Waals surface area contributed by atoms with E-state index >= 15 is 0 Å². The minimum absolute atomic E-state index is 0.241. The van der Waals surface area contributed by atoms with Gasteiger partial charge in [-0.05, 0) is 48.9 Å². The molecule has 34 heavy (non-hydrogen) atoms. The third kappa shape index (κ3) is 7.33. The maximum Gasteiger partial charge on any atom is 0.329 e. The van der Waals surface area contributed by atoms with Gasteiger partial charge in [0.25, 0.3) is 5.91 Å². The molecule has 0 heterocycles. The third-order valence-corrected chi connectivity index (χ3v) is 5.17. The number of aryl methyl sites for hydroxylation is 1. The van der Waals surface area contributed by atoms with Crippen LogP contribution in [0.4, 0.5) is 11.4 Å². The number of halogens is 2. The van der Waals surface area contributed by atoms with E-state index < -0.39 is 17.7 Å². The van der Waals surface area contributed by atoms with E-state index in [-0.39, 0.29) is 11.6 Å². The molecule has 0 saturated carbocycles. The van der Waals surface area contributed by atoms with Gasteiger partial charge >= 0.3 is 11.8 Å². The topological polar surface area (TPSA) is 109 Å². The number of nitrogens with one attached hydrogen (secondary N) is 3. The van der Waals surface area contributed by atoms with E-state index in [0.717, 1.165) is 5.56 Å². The summed E-state index contributed by atoms with van der Waals surface area (Å²) in [6, 6.07) is 18.6. The zero-order valence-electron chi connectivity index (χ0n) is 18.0. The quantitative estimate of drug-likeness (QED) is 0.254. The van der Waals surface area contributed by atoms with Crippen LogP contribution in [0.5, 0.6) is 5.75 Å². The molecule has 0 radical (unpaired) electrons. The number of anilines is 2. The molecule has 3 N–H and O–H groups in total. The summed E-state index contributed by atoms with van der Waals surface area (Å²) in [4.78, 5) is 36.0. The second-order valence-corrected chi connectivity index (χ2v) is 7.82. The Morgan fingerprint density at radius 2 is 1.68 bits per heavy atom. The molecule has 3 rings (SSSR count). The number of hydrazone groups is 1. The highest BCUT2D eigenvalue weighted by Gasteiger charge is 2.13. The van der Waals surface area contributed by atoms with Gasteiger partial charge in [0.1, 0.15) is 5.75 Å². The maximum atomic E-state index is 12.1. The fourth-order valence-corrected chi connectivity index (χ4v) is 3.01. The monoisotopic (exact) mass is 498 g/mol. The second-order valence-electron chi connectivity index (χ2n) is 7.03. The first-order valence-corrected chi connectivity index (χ1v) is 10.7. The molecule has 0 aliphatic rings.